The molecule has 1 atom stereocenters. The molecule has 0 aliphatic heterocycles. The molecule has 0 spiro atoms. The first kappa shape index (κ1) is 10.3. The van der Waals surface area contributed by atoms with Crippen molar-refractivity contribution >= 4 is 5.97 Å². The molecule has 0 fully saturated rings. The zero-order valence-electron chi connectivity index (χ0n) is 8.04. The number of carboxylic acids is 1. The Balaban J connectivity index is 2.38. The van der Waals surface area contributed by atoms with Gasteiger partial charge in [-0.25, -0.2) is 0 Å². The van der Waals surface area contributed by atoms with Crippen LogP contribution in [0.15, 0.2) is 12.2 Å². The van der Waals surface area contributed by atoms with E-state index in [1.165, 1.54) is 0 Å². The molecule has 0 bridgehead atoms. The molecule has 1 aliphatic carbocycles. The number of hydrogen-bond acceptors (Lipinski definition) is 1. The van der Waals surface area contributed by atoms with Gasteiger partial charge >= 0.3 is 5.97 Å². The highest BCUT2D eigenvalue weighted by Gasteiger charge is 2.16. The number of aliphatic carboxylic acids is 1. The molecule has 2 nitrogen and oxygen atoms in total. The molecule has 0 saturated heterocycles. The van der Waals surface area contributed by atoms with Crippen molar-refractivity contribution in [1.29, 1.82) is 0 Å². The van der Waals surface area contributed by atoms with Gasteiger partial charge in [0.15, 0.2) is 0 Å². The van der Waals surface area contributed by atoms with E-state index >= 15 is 0 Å². The van der Waals surface area contributed by atoms with Gasteiger partial charge in [0.05, 0.1) is 5.92 Å². The van der Waals surface area contributed by atoms with E-state index in [0.29, 0.717) is 0 Å². The van der Waals surface area contributed by atoms with Crippen molar-refractivity contribution in [3.8, 4) is 0 Å². The Morgan fingerprint density at radius 2 is 1.69 bits per heavy atom. The molecule has 1 aliphatic rings. The van der Waals surface area contributed by atoms with Gasteiger partial charge in [-0.2, -0.15) is 0 Å². The molecule has 0 heterocycles. The maximum atomic E-state index is 10.8. The van der Waals surface area contributed by atoms with Crippen molar-refractivity contribution in [2.24, 2.45) is 5.92 Å². The van der Waals surface area contributed by atoms with Crippen molar-refractivity contribution in [2.45, 2.75) is 44.9 Å². The molecule has 74 valence electrons. The van der Waals surface area contributed by atoms with Crippen LogP contribution in [0.25, 0.3) is 0 Å². The van der Waals surface area contributed by atoms with E-state index in [9.17, 15) is 4.79 Å². The van der Waals surface area contributed by atoms with E-state index in [-0.39, 0.29) is 5.92 Å². The molecule has 13 heavy (non-hydrogen) atoms. The number of carbonyl (C=O) groups is 1. The smallest absolute Gasteiger partial charge is 0.306 e. The van der Waals surface area contributed by atoms with Crippen LogP contribution in [-0.2, 0) is 4.79 Å². The lowest BCUT2D eigenvalue weighted by atomic mass is 9.94. The normalized spacial score (nSPS) is 25.4. The van der Waals surface area contributed by atoms with E-state index in [1.807, 2.05) is 0 Å². The van der Waals surface area contributed by atoms with Crippen LogP contribution in [0, 0.1) is 5.92 Å². The van der Waals surface area contributed by atoms with Gasteiger partial charge in [-0.05, 0) is 38.5 Å². The van der Waals surface area contributed by atoms with Gasteiger partial charge < -0.3 is 5.11 Å². The lowest BCUT2D eigenvalue weighted by Gasteiger charge is -2.11. The molecule has 0 aromatic rings. The summed E-state index contributed by atoms with van der Waals surface area (Å²) in [4.78, 5) is 10.8. The zero-order chi connectivity index (χ0) is 9.52. The second-order valence-electron chi connectivity index (χ2n) is 3.72. The lowest BCUT2D eigenvalue weighted by molar-refractivity contribution is -0.142. The molecular weight excluding hydrogens is 164 g/mol. The minimum Gasteiger partial charge on any atom is -0.481 e. The monoisotopic (exact) mass is 182 g/mol. The zero-order valence-corrected chi connectivity index (χ0v) is 8.04. The van der Waals surface area contributed by atoms with Gasteiger partial charge in [-0.3, -0.25) is 4.79 Å². The average Bonchev–Trinajstić information content (AvgIpc) is 2.14. The Morgan fingerprint density at radius 3 is 2.38 bits per heavy atom. The maximum Gasteiger partial charge on any atom is 0.306 e. The van der Waals surface area contributed by atoms with E-state index in [2.05, 4.69) is 12.2 Å². The Morgan fingerprint density at radius 1 is 1.08 bits per heavy atom. The van der Waals surface area contributed by atoms with Gasteiger partial charge in [0.25, 0.3) is 0 Å². The summed E-state index contributed by atoms with van der Waals surface area (Å²) in [6.45, 7) is 0. The first-order valence-corrected chi connectivity index (χ1v) is 5.18. The SMILES string of the molecule is O=C(O)C1CCCC=CCCCC1. The van der Waals surface area contributed by atoms with E-state index in [4.69, 9.17) is 5.11 Å². The molecule has 0 saturated carbocycles. The number of allylic oxidation sites excluding steroid dienone is 2. The largest absolute Gasteiger partial charge is 0.481 e. The standard InChI is InChI=1S/C11H18O2/c12-11(13)10-8-6-4-2-1-3-5-7-9-10/h1-2,10H,3-9H2,(H,12,13). The fourth-order valence-electron chi connectivity index (χ4n) is 1.76. The van der Waals surface area contributed by atoms with Crippen molar-refractivity contribution in [3.05, 3.63) is 12.2 Å². The molecule has 1 rings (SSSR count). The minimum atomic E-state index is -0.607. The summed E-state index contributed by atoms with van der Waals surface area (Å²) in [5, 5.41) is 8.90. The van der Waals surface area contributed by atoms with Crippen LogP contribution in [0.1, 0.15) is 44.9 Å². The summed E-state index contributed by atoms with van der Waals surface area (Å²) >= 11 is 0. The van der Waals surface area contributed by atoms with Gasteiger partial charge in [-0.15, -0.1) is 0 Å². The van der Waals surface area contributed by atoms with Crippen LogP contribution in [-0.4, -0.2) is 11.1 Å². The molecule has 1 N–H and O–H groups in total. The van der Waals surface area contributed by atoms with Crippen LogP contribution in [0.5, 0.6) is 0 Å². The quantitative estimate of drug-likeness (QED) is 0.633. The van der Waals surface area contributed by atoms with Crippen LogP contribution in [0.4, 0.5) is 0 Å². The maximum absolute atomic E-state index is 10.8. The third kappa shape index (κ3) is 4.11. The fourth-order valence-corrected chi connectivity index (χ4v) is 1.76. The van der Waals surface area contributed by atoms with E-state index in [1.54, 1.807) is 0 Å². The number of rotatable bonds is 1. The Bertz CT molecular complexity index is 185. The number of carboxylic acid groups (broad SMARTS) is 1. The summed E-state index contributed by atoms with van der Waals surface area (Å²) < 4.78 is 0. The van der Waals surface area contributed by atoms with Crippen LogP contribution >= 0.6 is 0 Å². The predicted molar refractivity (Wildman–Crippen MR) is 52.6 cm³/mol. The van der Waals surface area contributed by atoms with Crippen molar-refractivity contribution in [2.75, 3.05) is 0 Å². The third-order valence-corrected chi connectivity index (χ3v) is 2.61. The molecule has 0 amide bonds. The minimum absolute atomic E-state index is 0.0912. The van der Waals surface area contributed by atoms with Gasteiger partial charge in [0, 0.05) is 0 Å². The fraction of sp³-hybridized carbons (Fsp3) is 0.727. The average molecular weight is 182 g/mol. The van der Waals surface area contributed by atoms with E-state index in [0.717, 1.165) is 44.9 Å². The van der Waals surface area contributed by atoms with Crippen LogP contribution in [0.2, 0.25) is 0 Å². The van der Waals surface area contributed by atoms with Crippen molar-refractivity contribution in [1.82, 2.24) is 0 Å². The summed E-state index contributed by atoms with van der Waals surface area (Å²) in [6, 6.07) is 0. The summed E-state index contributed by atoms with van der Waals surface area (Å²) in [7, 11) is 0. The predicted octanol–water partition coefficient (Wildman–Crippen LogP) is 2.99. The summed E-state index contributed by atoms with van der Waals surface area (Å²) in [6.07, 6.45) is 11.5. The second kappa shape index (κ2) is 5.79. The Labute approximate surface area is 79.6 Å². The highest BCUT2D eigenvalue weighted by atomic mass is 16.4. The summed E-state index contributed by atoms with van der Waals surface area (Å²) in [5.74, 6) is -0.698. The van der Waals surface area contributed by atoms with Crippen LogP contribution < -0.4 is 0 Å². The first-order valence-electron chi connectivity index (χ1n) is 5.18. The molecule has 2 heteroatoms. The van der Waals surface area contributed by atoms with E-state index < -0.39 is 5.97 Å². The number of hydrogen-bond donors (Lipinski definition) is 1. The molecule has 0 radical (unpaired) electrons. The first-order chi connectivity index (χ1) is 6.30. The molecule has 1 unspecified atom stereocenters. The van der Waals surface area contributed by atoms with Crippen molar-refractivity contribution < 1.29 is 9.90 Å². The topological polar surface area (TPSA) is 37.3 Å². The third-order valence-electron chi connectivity index (χ3n) is 2.61. The molecule has 0 aromatic carbocycles. The highest BCUT2D eigenvalue weighted by Crippen LogP contribution is 2.18. The van der Waals surface area contributed by atoms with Gasteiger partial charge in [0.2, 0.25) is 0 Å². The Hall–Kier alpha value is -0.790. The summed E-state index contributed by atoms with van der Waals surface area (Å²) in [5.41, 5.74) is 0. The highest BCUT2D eigenvalue weighted by molar-refractivity contribution is 5.69. The van der Waals surface area contributed by atoms with Gasteiger partial charge in [0.1, 0.15) is 0 Å². The second-order valence-corrected chi connectivity index (χ2v) is 3.72. The van der Waals surface area contributed by atoms with Crippen LogP contribution in [0.3, 0.4) is 0 Å². The Kier molecular flexibility index (Phi) is 4.58. The molecular formula is C11H18O2. The van der Waals surface area contributed by atoms with Crippen molar-refractivity contribution in [3.63, 3.8) is 0 Å². The lowest BCUT2D eigenvalue weighted by Crippen LogP contribution is -2.13. The van der Waals surface area contributed by atoms with Gasteiger partial charge in [-0.1, -0.05) is 18.6 Å². The molecule has 0 aromatic heterocycles.